The third-order valence-corrected chi connectivity index (χ3v) is 2.63. The standard InChI is InChI=1S/C15H12F3NO4/c16-15(17,18)9-22-12-8-11(5-4-10(12)7-14(20)21)23-13-3-1-2-6-19-13/h1-6,8H,7,9H2,(H,20,21). The Kier molecular flexibility index (Phi) is 5.05. The minimum atomic E-state index is -4.53. The fourth-order valence-electron chi connectivity index (χ4n) is 1.73. The van der Waals surface area contributed by atoms with Crippen LogP contribution >= 0.6 is 0 Å². The smallest absolute Gasteiger partial charge is 0.422 e. The van der Waals surface area contributed by atoms with E-state index in [1.54, 1.807) is 18.2 Å². The van der Waals surface area contributed by atoms with Gasteiger partial charge in [0, 0.05) is 23.9 Å². The Balaban J connectivity index is 2.23. The molecule has 2 rings (SSSR count). The van der Waals surface area contributed by atoms with Crippen LogP contribution in [-0.2, 0) is 11.2 Å². The van der Waals surface area contributed by atoms with Crippen molar-refractivity contribution in [1.29, 1.82) is 0 Å². The molecule has 1 N–H and O–H groups in total. The molecule has 0 spiro atoms. The first-order valence-electron chi connectivity index (χ1n) is 6.46. The molecule has 23 heavy (non-hydrogen) atoms. The largest absolute Gasteiger partial charge is 0.484 e. The van der Waals surface area contributed by atoms with Gasteiger partial charge in [-0.25, -0.2) is 4.98 Å². The number of carbonyl (C=O) groups is 1. The minimum Gasteiger partial charge on any atom is -0.484 e. The molecule has 1 heterocycles. The van der Waals surface area contributed by atoms with Gasteiger partial charge in [-0.15, -0.1) is 0 Å². The average Bonchev–Trinajstić information content (AvgIpc) is 2.47. The summed E-state index contributed by atoms with van der Waals surface area (Å²) < 4.78 is 47.0. The molecule has 0 saturated carbocycles. The van der Waals surface area contributed by atoms with E-state index in [1.807, 2.05) is 0 Å². The molecule has 1 aromatic carbocycles. The van der Waals surface area contributed by atoms with Gasteiger partial charge in [-0.1, -0.05) is 12.1 Å². The maximum Gasteiger partial charge on any atom is 0.422 e. The number of alkyl halides is 3. The second-order valence-electron chi connectivity index (χ2n) is 4.51. The zero-order valence-corrected chi connectivity index (χ0v) is 11.7. The molecule has 0 amide bonds. The Bertz CT molecular complexity index is 674. The maximum absolute atomic E-state index is 12.3. The van der Waals surface area contributed by atoms with Gasteiger partial charge in [0.05, 0.1) is 6.42 Å². The number of rotatable bonds is 6. The molecule has 8 heteroatoms. The summed E-state index contributed by atoms with van der Waals surface area (Å²) in [6, 6.07) is 8.93. The highest BCUT2D eigenvalue weighted by molar-refractivity contribution is 5.71. The molecule has 1 aromatic heterocycles. The van der Waals surface area contributed by atoms with Gasteiger partial charge < -0.3 is 14.6 Å². The first-order valence-corrected chi connectivity index (χ1v) is 6.46. The quantitative estimate of drug-likeness (QED) is 0.880. The number of carboxylic acids is 1. The third-order valence-electron chi connectivity index (χ3n) is 2.63. The monoisotopic (exact) mass is 327 g/mol. The van der Waals surface area contributed by atoms with Gasteiger partial charge in [0.2, 0.25) is 5.88 Å². The van der Waals surface area contributed by atoms with E-state index in [-0.39, 0.29) is 22.9 Å². The molecule has 0 aliphatic rings. The van der Waals surface area contributed by atoms with Crippen molar-refractivity contribution in [3.63, 3.8) is 0 Å². The molecule has 0 aliphatic carbocycles. The van der Waals surface area contributed by atoms with Crippen molar-refractivity contribution in [3.8, 4) is 17.4 Å². The van der Waals surface area contributed by atoms with Crippen molar-refractivity contribution in [2.45, 2.75) is 12.6 Å². The van der Waals surface area contributed by atoms with E-state index in [2.05, 4.69) is 4.98 Å². The summed E-state index contributed by atoms with van der Waals surface area (Å²) in [5, 5.41) is 8.80. The predicted octanol–water partition coefficient (Wildman–Crippen LogP) is 3.44. The maximum atomic E-state index is 12.3. The molecule has 0 aliphatic heterocycles. The number of aliphatic carboxylic acids is 1. The Hall–Kier alpha value is -2.77. The Morgan fingerprint density at radius 2 is 2.00 bits per heavy atom. The van der Waals surface area contributed by atoms with Crippen molar-refractivity contribution in [1.82, 2.24) is 4.98 Å². The lowest BCUT2D eigenvalue weighted by Crippen LogP contribution is -2.20. The number of pyridine rings is 1. The zero-order chi connectivity index (χ0) is 16.9. The van der Waals surface area contributed by atoms with Gasteiger partial charge >= 0.3 is 12.1 Å². The van der Waals surface area contributed by atoms with Gasteiger partial charge in [-0.2, -0.15) is 13.2 Å². The Morgan fingerprint density at radius 1 is 1.22 bits per heavy atom. The summed E-state index contributed by atoms with van der Waals surface area (Å²) >= 11 is 0. The van der Waals surface area contributed by atoms with Crippen molar-refractivity contribution >= 4 is 5.97 Å². The molecule has 2 aromatic rings. The SMILES string of the molecule is O=C(O)Cc1ccc(Oc2ccccn2)cc1OCC(F)(F)F. The minimum absolute atomic E-state index is 0.120. The van der Waals surface area contributed by atoms with E-state index in [0.717, 1.165) is 0 Å². The van der Waals surface area contributed by atoms with Crippen LogP contribution in [0.5, 0.6) is 17.4 Å². The lowest BCUT2D eigenvalue weighted by molar-refractivity contribution is -0.153. The Labute approximate surface area is 129 Å². The van der Waals surface area contributed by atoms with Gasteiger partial charge in [0.15, 0.2) is 6.61 Å². The van der Waals surface area contributed by atoms with E-state index in [9.17, 15) is 18.0 Å². The van der Waals surface area contributed by atoms with Crippen molar-refractivity contribution in [3.05, 3.63) is 48.2 Å². The zero-order valence-electron chi connectivity index (χ0n) is 11.7. The number of benzene rings is 1. The normalized spacial score (nSPS) is 11.1. The third kappa shape index (κ3) is 5.50. The second-order valence-corrected chi connectivity index (χ2v) is 4.51. The van der Waals surface area contributed by atoms with Crippen LogP contribution in [0.4, 0.5) is 13.2 Å². The molecule has 0 saturated heterocycles. The summed E-state index contributed by atoms with van der Waals surface area (Å²) in [6.45, 7) is -1.52. The van der Waals surface area contributed by atoms with Crippen molar-refractivity contribution in [2.24, 2.45) is 0 Å². The summed E-state index contributed by atoms with van der Waals surface area (Å²) in [6.07, 6.45) is -3.50. The molecule has 0 bridgehead atoms. The first kappa shape index (κ1) is 16.6. The molecule has 5 nitrogen and oxygen atoms in total. The summed E-state index contributed by atoms with van der Waals surface area (Å²) in [4.78, 5) is 14.7. The van der Waals surface area contributed by atoms with Crippen LogP contribution in [0.2, 0.25) is 0 Å². The van der Waals surface area contributed by atoms with Gasteiger partial charge in [0.1, 0.15) is 11.5 Å². The fourth-order valence-corrected chi connectivity index (χ4v) is 1.73. The second kappa shape index (κ2) is 6.99. The van der Waals surface area contributed by atoms with Crippen LogP contribution < -0.4 is 9.47 Å². The number of hydrogen-bond acceptors (Lipinski definition) is 4. The Morgan fingerprint density at radius 3 is 2.61 bits per heavy atom. The molecule has 0 atom stereocenters. The fraction of sp³-hybridized carbons (Fsp3) is 0.200. The summed E-state index contributed by atoms with van der Waals surface area (Å²) in [5.41, 5.74) is 0.120. The number of hydrogen-bond donors (Lipinski definition) is 1. The molecular formula is C15H12F3NO4. The molecule has 122 valence electrons. The summed E-state index contributed by atoms with van der Waals surface area (Å²) in [7, 11) is 0. The number of nitrogens with zero attached hydrogens (tertiary/aromatic N) is 1. The summed E-state index contributed by atoms with van der Waals surface area (Å²) in [5.74, 6) is -0.936. The van der Waals surface area contributed by atoms with E-state index >= 15 is 0 Å². The van der Waals surface area contributed by atoms with E-state index in [0.29, 0.717) is 0 Å². The van der Waals surface area contributed by atoms with Crippen LogP contribution in [0.1, 0.15) is 5.56 Å². The number of aromatic nitrogens is 1. The van der Waals surface area contributed by atoms with Crippen LogP contribution in [-0.4, -0.2) is 28.8 Å². The van der Waals surface area contributed by atoms with Gasteiger partial charge in [-0.05, 0) is 12.1 Å². The highest BCUT2D eigenvalue weighted by Gasteiger charge is 2.29. The van der Waals surface area contributed by atoms with Crippen molar-refractivity contribution in [2.75, 3.05) is 6.61 Å². The molecule has 0 radical (unpaired) electrons. The topological polar surface area (TPSA) is 68.7 Å². The first-order chi connectivity index (χ1) is 10.8. The van der Waals surface area contributed by atoms with Crippen LogP contribution in [0, 0.1) is 0 Å². The molecule has 0 unspecified atom stereocenters. The lowest BCUT2D eigenvalue weighted by Gasteiger charge is -2.14. The predicted molar refractivity (Wildman–Crippen MR) is 73.6 cm³/mol. The van der Waals surface area contributed by atoms with Crippen LogP contribution in [0.25, 0.3) is 0 Å². The number of halogens is 3. The van der Waals surface area contributed by atoms with Gasteiger partial charge in [-0.3, -0.25) is 4.79 Å². The average molecular weight is 327 g/mol. The lowest BCUT2D eigenvalue weighted by atomic mass is 10.1. The van der Waals surface area contributed by atoms with Crippen LogP contribution in [0.15, 0.2) is 42.6 Å². The molecular weight excluding hydrogens is 315 g/mol. The van der Waals surface area contributed by atoms with E-state index < -0.39 is 25.2 Å². The number of ether oxygens (including phenoxy) is 2. The van der Waals surface area contributed by atoms with Gasteiger partial charge in [0.25, 0.3) is 0 Å². The van der Waals surface area contributed by atoms with Crippen molar-refractivity contribution < 1.29 is 32.5 Å². The highest BCUT2D eigenvalue weighted by Crippen LogP contribution is 2.29. The van der Waals surface area contributed by atoms with E-state index in [4.69, 9.17) is 14.6 Å². The molecule has 0 fully saturated rings. The highest BCUT2D eigenvalue weighted by atomic mass is 19.4. The van der Waals surface area contributed by atoms with E-state index in [1.165, 1.54) is 24.4 Å². The number of carboxylic acid groups (broad SMARTS) is 1. The van der Waals surface area contributed by atoms with Crippen LogP contribution in [0.3, 0.4) is 0 Å².